The quantitative estimate of drug-likeness (QED) is 0.256. The summed E-state index contributed by atoms with van der Waals surface area (Å²) in [5.74, 6) is -11.7. The zero-order valence-electron chi connectivity index (χ0n) is 27.8. The van der Waals surface area contributed by atoms with E-state index < -0.39 is 77.9 Å². The Morgan fingerprint density at radius 1 is 1.18 bits per heavy atom. The number of carbonyl (C=O) groups is 3. The van der Waals surface area contributed by atoms with Gasteiger partial charge in [0.2, 0.25) is 5.91 Å². The average Bonchev–Trinajstić information content (AvgIpc) is 3.44. The minimum absolute atomic E-state index is 0.0233. The molecule has 3 fully saturated rings. The lowest BCUT2D eigenvalue weighted by atomic mass is 9.89. The van der Waals surface area contributed by atoms with Gasteiger partial charge < -0.3 is 15.2 Å². The van der Waals surface area contributed by atoms with Crippen LogP contribution in [-0.4, -0.2) is 105 Å². The number of nitrogens with one attached hydrogen (secondary N) is 1. The monoisotopic (exact) mass is 724 g/mol. The number of thiazole rings is 1. The Kier molecular flexibility index (Phi) is 9.31. The van der Waals surface area contributed by atoms with Crippen molar-refractivity contribution in [2.45, 2.75) is 70.5 Å². The van der Waals surface area contributed by atoms with Crippen LogP contribution in [-0.2, 0) is 19.1 Å². The molecule has 4 atom stereocenters. The highest BCUT2D eigenvalue weighted by molar-refractivity contribution is 7.11. The molecule has 4 unspecified atom stereocenters. The molecule has 3 aliphatic heterocycles. The SMILES string of the molecule is CCOC(=O)C1=C(CN2CC(F)(F)C3C2CN(C(=O)C2CC2(F)F)N3CCC(C)(C)C(=O)O)NC(c2nccs2)=NC1c1cccc(F)c1C. The molecule has 11 nitrogen and oxygen atoms in total. The van der Waals surface area contributed by atoms with Crippen molar-refractivity contribution in [3.8, 4) is 0 Å². The predicted octanol–water partition coefficient (Wildman–Crippen LogP) is 4.40. The molecule has 0 radical (unpaired) electrons. The number of likely N-dealkylation sites (tertiary alicyclic amines) is 1. The zero-order valence-corrected chi connectivity index (χ0v) is 28.6. The number of aliphatic carboxylic acids is 1. The third kappa shape index (κ3) is 6.50. The van der Waals surface area contributed by atoms with Crippen molar-refractivity contribution in [2.75, 3.05) is 32.8 Å². The van der Waals surface area contributed by atoms with Crippen LogP contribution in [0, 0.1) is 24.1 Å². The zero-order chi connectivity index (χ0) is 36.3. The highest BCUT2D eigenvalue weighted by atomic mass is 32.1. The molecular formula is C33H37F5N6O5S. The van der Waals surface area contributed by atoms with E-state index in [1.165, 1.54) is 55.3 Å². The second-order valence-corrected chi connectivity index (χ2v) is 14.5. The van der Waals surface area contributed by atoms with Gasteiger partial charge in [0, 0.05) is 36.8 Å². The van der Waals surface area contributed by atoms with E-state index in [9.17, 15) is 32.7 Å². The van der Waals surface area contributed by atoms with Crippen molar-refractivity contribution in [1.29, 1.82) is 0 Å². The molecule has 1 aliphatic carbocycles. The summed E-state index contributed by atoms with van der Waals surface area (Å²) < 4.78 is 80.8. The van der Waals surface area contributed by atoms with Crippen LogP contribution in [0.1, 0.15) is 55.8 Å². The van der Waals surface area contributed by atoms with E-state index >= 15 is 8.78 Å². The van der Waals surface area contributed by atoms with Crippen molar-refractivity contribution < 1.29 is 46.2 Å². The normalized spacial score (nSPS) is 26.0. The number of hydrogen-bond acceptors (Lipinski definition) is 10. The van der Waals surface area contributed by atoms with E-state index in [0.29, 0.717) is 10.6 Å². The molecule has 270 valence electrons. The summed E-state index contributed by atoms with van der Waals surface area (Å²) >= 11 is 1.23. The molecule has 1 aromatic carbocycles. The number of benzene rings is 1. The van der Waals surface area contributed by atoms with Crippen molar-refractivity contribution in [3.63, 3.8) is 0 Å². The Morgan fingerprint density at radius 2 is 1.90 bits per heavy atom. The number of hydrogen-bond donors (Lipinski definition) is 2. The second kappa shape index (κ2) is 13.0. The van der Waals surface area contributed by atoms with Gasteiger partial charge in [-0.25, -0.2) is 36.7 Å². The van der Waals surface area contributed by atoms with Crippen LogP contribution in [0.25, 0.3) is 0 Å². The number of alkyl halides is 4. The summed E-state index contributed by atoms with van der Waals surface area (Å²) in [5.41, 5.74) is -0.675. The molecule has 1 amide bonds. The van der Waals surface area contributed by atoms with Crippen LogP contribution in [0.4, 0.5) is 22.0 Å². The van der Waals surface area contributed by atoms with Crippen LogP contribution in [0.2, 0.25) is 0 Å². The molecule has 0 bridgehead atoms. The van der Waals surface area contributed by atoms with Gasteiger partial charge in [-0.3, -0.25) is 24.5 Å². The van der Waals surface area contributed by atoms with Crippen LogP contribution in [0.3, 0.4) is 0 Å². The molecular weight excluding hydrogens is 687 g/mol. The molecule has 1 aromatic heterocycles. The molecule has 6 rings (SSSR count). The van der Waals surface area contributed by atoms with Crippen molar-refractivity contribution in [1.82, 2.24) is 25.2 Å². The number of ether oxygens (including phenoxy) is 1. The number of nitrogens with zero attached hydrogens (tertiary/aromatic N) is 5. The minimum Gasteiger partial charge on any atom is -0.481 e. The van der Waals surface area contributed by atoms with E-state index in [4.69, 9.17) is 9.73 Å². The number of amidine groups is 1. The summed E-state index contributed by atoms with van der Waals surface area (Å²) in [7, 11) is 0. The first-order chi connectivity index (χ1) is 23.5. The number of aromatic nitrogens is 1. The predicted molar refractivity (Wildman–Crippen MR) is 171 cm³/mol. The highest BCUT2D eigenvalue weighted by Gasteiger charge is 2.67. The van der Waals surface area contributed by atoms with Gasteiger partial charge in [-0.1, -0.05) is 12.1 Å². The average molecular weight is 725 g/mol. The second-order valence-electron chi connectivity index (χ2n) is 13.6. The Bertz CT molecular complexity index is 1750. The van der Waals surface area contributed by atoms with Gasteiger partial charge >= 0.3 is 11.9 Å². The highest BCUT2D eigenvalue weighted by Crippen LogP contribution is 2.51. The molecule has 1 saturated carbocycles. The smallest absolute Gasteiger partial charge is 0.338 e. The Balaban J connectivity index is 1.40. The minimum atomic E-state index is -3.48. The lowest BCUT2D eigenvalue weighted by Gasteiger charge is -2.35. The van der Waals surface area contributed by atoms with Crippen LogP contribution in [0.15, 0.2) is 46.0 Å². The van der Waals surface area contributed by atoms with E-state index in [1.54, 1.807) is 18.4 Å². The molecule has 0 spiro atoms. The van der Waals surface area contributed by atoms with Gasteiger partial charge in [0.15, 0.2) is 10.8 Å². The van der Waals surface area contributed by atoms with E-state index in [-0.39, 0.29) is 55.3 Å². The molecule has 2 N–H and O–H groups in total. The van der Waals surface area contributed by atoms with Gasteiger partial charge in [0.1, 0.15) is 23.8 Å². The molecule has 2 saturated heterocycles. The van der Waals surface area contributed by atoms with Crippen molar-refractivity contribution >= 4 is 35.0 Å². The number of carbonyl (C=O) groups excluding carboxylic acids is 2. The molecule has 17 heteroatoms. The number of esters is 1. The summed E-state index contributed by atoms with van der Waals surface area (Å²) in [6, 6.07) is 0.488. The van der Waals surface area contributed by atoms with Crippen molar-refractivity contribution in [2.24, 2.45) is 16.3 Å². The fraction of sp³-hybridized carbons (Fsp3) is 0.545. The van der Waals surface area contributed by atoms with Gasteiger partial charge in [-0.05, 0) is 51.3 Å². The van der Waals surface area contributed by atoms with Crippen LogP contribution < -0.4 is 5.32 Å². The Hall–Kier alpha value is -3.96. The maximum absolute atomic E-state index is 16.2. The van der Waals surface area contributed by atoms with E-state index in [1.807, 2.05) is 0 Å². The summed E-state index contributed by atoms with van der Waals surface area (Å²) in [5, 5.41) is 16.9. The Morgan fingerprint density at radius 3 is 2.52 bits per heavy atom. The topological polar surface area (TPSA) is 128 Å². The first kappa shape index (κ1) is 35.9. The van der Waals surface area contributed by atoms with Gasteiger partial charge in [0.05, 0.1) is 36.7 Å². The first-order valence-corrected chi connectivity index (χ1v) is 17.1. The standard InChI is InChI=1S/C33H37F5N6O5S/c1-5-49-29(46)23-21(40-26(27-39-10-12-50-27)41-24(23)18-7-6-8-20(34)17(18)2)14-42-16-33(37,38)25-22(42)15-44(28(45)19-13-32(19,35)36)43(25)11-9-31(3,4)30(47)48/h6-8,10,12,19,22,24-25H,5,9,11,13-16H2,1-4H3,(H,40,41)(H,47,48). The number of halogens is 5. The number of carboxylic acids is 1. The van der Waals surface area contributed by atoms with E-state index in [0.717, 1.165) is 10.0 Å². The van der Waals surface area contributed by atoms with Gasteiger partial charge in [-0.2, -0.15) is 0 Å². The molecule has 4 aliphatic rings. The fourth-order valence-electron chi connectivity index (χ4n) is 6.81. The number of carboxylic acid groups (broad SMARTS) is 1. The largest absolute Gasteiger partial charge is 0.481 e. The fourth-order valence-corrected chi connectivity index (χ4v) is 7.39. The van der Waals surface area contributed by atoms with Crippen LogP contribution >= 0.6 is 11.3 Å². The summed E-state index contributed by atoms with van der Waals surface area (Å²) in [6.07, 6.45) is 0.691. The number of amides is 1. The van der Waals surface area contributed by atoms with Crippen LogP contribution in [0.5, 0.6) is 0 Å². The number of aliphatic imine (C=N–C) groups is 1. The third-order valence-corrected chi connectivity index (χ3v) is 10.6. The number of fused-ring (bicyclic) bond motifs is 1. The van der Waals surface area contributed by atoms with Gasteiger partial charge in [-0.15, -0.1) is 11.3 Å². The maximum atomic E-state index is 16.2. The molecule has 4 heterocycles. The summed E-state index contributed by atoms with van der Waals surface area (Å²) in [4.78, 5) is 49.3. The first-order valence-electron chi connectivity index (χ1n) is 16.2. The Labute approximate surface area is 288 Å². The summed E-state index contributed by atoms with van der Waals surface area (Å²) in [6.45, 7) is 4.15. The molecule has 50 heavy (non-hydrogen) atoms. The number of rotatable bonds is 11. The molecule has 2 aromatic rings. The maximum Gasteiger partial charge on any atom is 0.338 e. The van der Waals surface area contributed by atoms with Gasteiger partial charge in [0.25, 0.3) is 11.8 Å². The number of hydrazine groups is 1. The lowest BCUT2D eigenvalue weighted by molar-refractivity contribution is -0.161. The van der Waals surface area contributed by atoms with Crippen molar-refractivity contribution in [3.05, 3.63) is 63.0 Å². The van der Waals surface area contributed by atoms with E-state index in [2.05, 4.69) is 10.3 Å². The third-order valence-electron chi connectivity index (χ3n) is 9.82. The lowest BCUT2D eigenvalue weighted by Crippen LogP contribution is -2.53.